The van der Waals surface area contributed by atoms with Crippen molar-refractivity contribution in [2.45, 2.75) is 12.5 Å². The highest BCUT2D eigenvalue weighted by Gasteiger charge is 2.27. The van der Waals surface area contributed by atoms with E-state index < -0.39 is 5.91 Å². The molecule has 1 saturated heterocycles. The van der Waals surface area contributed by atoms with Gasteiger partial charge < -0.3 is 15.4 Å². The van der Waals surface area contributed by atoms with Crippen molar-refractivity contribution in [3.8, 4) is 17.0 Å². The SMILES string of the molecule is NC(=O)c1cc(-c2ccccc2)ccc1N1CCC(Oc2ccccn2)C1. The summed E-state index contributed by atoms with van der Waals surface area (Å²) in [5.41, 5.74) is 9.11. The molecule has 2 aromatic carbocycles. The summed E-state index contributed by atoms with van der Waals surface area (Å²) in [6.07, 6.45) is 2.62. The Morgan fingerprint density at radius 2 is 1.85 bits per heavy atom. The molecule has 5 nitrogen and oxygen atoms in total. The number of benzene rings is 2. The van der Waals surface area contributed by atoms with Gasteiger partial charge in [0.05, 0.1) is 12.1 Å². The van der Waals surface area contributed by atoms with Crippen LogP contribution in [0.3, 0.4) is 0 Å². The molecule has 1 unspecified atom stereocenters. The molecule has 1 fully saturated rings. The molecule has 2 N–H and O–H groups in total. The van der Waals surface area contributed by atoms with Crippen LogP contribution >= 0.6 is 0 Å². The summed E-state index contributed by atoms with van der Waals surface area (Å²) in [6, 6.07) is 21.5. The third kappa shape index (κ3) is 3.77. The molecule has 0 aliphatic carbocycles. The van der Waals surface area contributed by atoms with Crippen molar-refractivity contribution < 1.29 is 9.53 Å². The summed E-state index contributed by atoms with van der Waals surface area (Å²) in [5.74, 6) is 0.204. The molecule has 1 aliphatic rings. The number of primary amides is 1. The second kappa shape index (κ2) is 7.50. The first-order chi connectivity index (χ1) is 13.2. The van der Waals surface area contributed by atoms with Crippen LogP contribution in [0.5, 0.6) is 5.88 Å². The van der Waals surface area contributed by atoms with E-state index in [-0.39, 0.29) is 6.10 Å². The Hall–Kier alpha value is -3.34. The highest BCUT2D eigenvalue weighted by atomic mass is 16.5. The Kier molecular flexibility index (Phi) is 4.75. The monoisotopic (exact) mass is 359 g/mol. The number of carbonyl (C=O) groups excluding carboxylic acids is 1. The number of ether oxygens (including phenoxy) is 1. The number of pyridine rings is 1. The molecular formula is C22H21N3O2. The molecule has 1 aromatic heterocycles. The normalized spacial score (nSPS) is 16.3. The zero-order valence-corrected chi connectivity index (χ0v) is 14.9. The molecule has 0 radical (unpaired) electrons. The standard InChI is InChI=1S/C22H21N3O2/c23-22(26)19-14-17(16-6-2-1-3-7-16)9-10-20(19)25-13-11-18(15-25)27-21-8-4-5-12-24-21/h1-10,12,14,18H,11,13,15H2,(H2,23,26). The molecule has 0 saturated carbocycles. The van der Waals surface area contributed by atoms with Gasteiger partial charge >= 0.3 is 0 Å². The van der Waals surface area contributed by atoms with Gasteiger partial charge in [0.1, 0.15) is 6.10 Å². The Morgan fingerprint density at radius 1 is 1.04 bits per heavy atom. The van der Waals surface area contributed by atoms with E-state index in [1.807, 2.05) is 66.7 Å². The number of carbonyl (C=O) groups is 1. The maximum atomic E-state index is 12.1. The minimum atomic E-state index is -0.420. The molecule has 3 aromatic rings. The van der Waals surface area contributed by atoms with Crippen molar-refractivity contribution in [1.29, 1.82) is 0 Å². The van der Waals surface area contributed by atoms with Crippen molar-refractivity contribution in [2.75, 3.05) is 18.0 Å². The minimum absolute atomic E-state index is 0.0365. The average molecular weight is 359 g/mol. The highest BCUT2D eigenvalue weighted by Crippen LogP contribution is 2.30. The van der Waals surface area contributed by atoms with Crippen LogP contribution in [0.1, 0.15) is 16.8 Å². The van der Waals surface area contributed by atoms with Crippen LogP contribution in [0.2, 0.25) is 0 Å². The second-order valence-corrected chi connectivity index (χ2v) is 6.60. The van der Waals surface area contributed by atoms with E-state index in [0.29, 0.717) is 18.0 Å². The number of anilines is 1. The van der Waals surface area contributed by atoms with Gasteiger partial charge in [0.15, 0.2) is 0 Å². The molecule has 1 aliphatic heterocycles. The van der Waals surface area contributed by atoms with Gasteiger partial charge in [0.2, 0.25) is 5.88 Å². The highest BCUT2D eigenvalue weighted by molar-refractivity contribution is 6.00. The Labute approximate surface area is 158 Å². The summed E-state index contributed by atoms with van der Waals surface area (Å²) < 4.78 is 5.95. The van der Waals surface area contributed by atoms with E-state index in [1.54, 1.807) is 6.20 Å². The summed E-state index contributed by atoms with van der Waals surface area (Å²) in [4.78, 5) is 18.5. The summed E-state index contributed by atoms with van der Waals surface area (Å²) in [6.45, 7) is 1.50. The van der Waals surface area contributed by atoms with Crippen LogP contribution in [0.25, 0.3) is 11.1 Å². The van der Waals surface area contributed by atoms with Crippen LogP contribution in [0.4, 0.5) is 5.69 Å². The molecule has 27 heavy (non-hydrogen) atoms. The van der Waals surface area contributed by atoms with Gasteiger partial charge in [-0.25, -0.2) is 4.98 Å². The van der Waals surface area contributed by atoms with Crippen molar-refractivity contribution in [2.24, 2.45) is 5.73 Å². The van der Waals surface area contributed by atoms with Crippen molar-refractivity contribution in [1.82, 2.24) is 4.98 Å². The van der Waals surface area contributed by atoms with Crippen LogP contribution in [-0.2, 0) is 0 Å². The number of nitrogens with two attached hydrogens (primary N) is 1. The molecule has 1 amide bonds. The van der Waals surface area contributed by atoms with E-state index in [4.69, 9.17) is 10.5 Å². The van der Waals surface area contributed by atoms with E-state index in [2.05, 4.69) is 9.88 Å². The predicted molar refractivity (Wildman–Crippen MR) is 106 cm³/mol. The third-order valence-electron chi connectivity index (χ3n) is 4.78. The molecule has 0 bridgehead atoms. The van der Waals surface area contributed by atoms with E-state index >= 15 is 0 Å². The van der Waals surface area contributed by atoms with Gasteiger partial charge in [-0.05, 0) is 29.3 Å². The van der Waals surface area contributed by atoms with Crippen LogP contribution < -0.4 is 15.4 Å². The van der Waals surface area contributed by atoms with Crippen molar-refractivity contribution in [3.63, 3.8) is 0 Å². The summed E-state index contributed by atoms with van der Waals surface area (Å²) >= 11 is 0. The smallest absolute Gasteiger partial charge is 0.250 e. The first kappa shape index (κ1) is 17.1. The fraction of sp³-hybridized carbons (Fsp3) is 0.182. The van der Waals surface area contributed by atoms with Gasteiger partial charge in [-0.3, -0.25) is 4.79 Å². The van der Waals surface area contributed by atoms with Crippen molar-refractivity contribution in [3.05, 3.63) is 78.5 Å². The van der Waals surface area contributed by atoms with Crippen LogP contribution in [0.15, 0.2) is 72.9 Å². The predicted octanol–water partition coefficient (Wildman–Crippen LogP) is 3.51. The third-order valence-corrected chi connectivity index (χ3v) is 4.78. The quantitative estimate of drug-likeness (QED) is 0.757. The maximum absolute atomic E-state index is 12.1. The lowest BCUT2D eigenvalue weighted by atomic mass is 10.0. The van der Waals surface area contributed by atoms with E-state index in [1.165, 1.54) is 0 Å². The lowest BCUT2D eigenvalue weighted by molar-refractivity contribution is 0.100. The lowest BCUT2D eigenvalue weighted by Crippen LogP contribution is -2.27. The number of nitrogens with zero attached hydrogens (tertiary/aromatic N) is 2. The first-order valence-corrected chi connectivity index (χ1v) is 9.02. The van der Waals surface area contributed by atoms with E-state index in [0.717, 1.165) is 29.8 Å². The van der Waals surface area contributed by atoms with Gasteiger partial charge in [-0.15, -0.1) is 0 Å². The number of hydrogen-bond donors (Lipinski definition) is 1. The van der Waals surface area contributed by atoms with Gasteiger partial charge in [0.25, 0.3) is 5.91 Å². The van der Waals surface area contributed by atoms with Crippen LogP contribution in [0, 0.1) is 0 Å². The molecule has 136 valence electrons. The molecular weight excluding hydrogens is 338 g/mol. The summed E-state index contributed by atoms with van der Waals surface area (Å²) in [5, 5.41) is 0. The Balaban J connectivity index is 1.56. The van der Waals surface area contributed by atoms with E-state index in [9.17, 15) is 4.79 Å². The lowest BCUT2D eigenvalue weighted by Gasteiger charge is -2.22. The number of amides is 1. The van der Waals surface area contributed by atoms with Crippen molar-refractivity contribution >= 4 is 11.6 Å². The van der Waals surface area contributed by atoms with Gasteiger partial charge in [0, 0.05) is 30.9 Å². The Bertz CT molecular complexity index is 929. The number of hydrogen-bond acceptors (Lipinski definition) is 4. The fourth-order valence-corrected chi connectivity index (χ4v) is 3.45. The molecule has 4 rings (SSSR count). The number of aromatic nitrogens is 1. The van der Waals surface area contributed by atoms with Gasteiger partial charge in [-0.1, -0.05) is 42.5 Å². The fourth-order valence-electron chi connectivity index (χ4n) is 3.45. The number of rotatable bonds is 5. The molecule has 1 atom stereocenters. The average Bonchev–Trinajstić information content (AvgIpc) is 3.17. The molecule has 0 spiro atoms. The second-order valence-electron chi connectivity index (χ2n) is 6.60. The summed E-state index contributed by atoms with van der Waals surface area (Å²) in [7, 11) is 0. The zero-order chi connectivity index (χ0) is 18.6. The Morgan fingerprint density at radius 3 is 2.59 bits per heavy atom. The molecule has 5 heteroatoms. The zero-order valence-electron chi connectivity index (χ0n) is 14.9. The minimum Gasteiger partial charge on any atom is -0.472 e. The molecule has 2 heterocycles. The van der Waals surface area contributed by atoms with Gasteiger partial charge in [-0.2, -0.15) is 0 Å². The first-order valence-electron chi connectivity index (χ1n) is 9.02. The largest absolute Gasteiger partial charge is 0.472 e. The van der Waals surface area contributed by atoms with Crippen LogP contribution in [-0.4, -0.2) is 30.1 Å². The topological polar surface area (TPSA) is 68.5 Å². The maximum Gasteiger partial charge on any atom is 0.250 e.